The van der Waals surface area contributed by atoms with Crippen LogP contribution < -0.4 is 10.1 Å². The summed E-state index contributed by atoms with van der Waals surface area (Å²) in [5, 5.41) is 3.12. The number of ketones is 1. The average molecular weight is 219 g/mol. The van der Waals surface area contributed by atoms with Crippen LogP contribution in [0.4, 0.5) is 0 Å². The minimum atomic E-state index is 0.118. The number of fused-ring (bicyclic) bond motifs is 1. The van der Waals surface area contributed by atoms with Crippen molar-refractivity contribution in [1.82, 2.24) is 5.32 Å². The maximum atomic E-state index is 11.9. The van der Waals surface area contributed by atoms with Crippen molar-refractivity contribution in [3.8, 4) is 5.75 Å². The van der Waals surface area contributed by atoms with E-state index in [0.717, 1.165) is 36.3 Å². The number of benzene rings is 1. The van der Waals surface area contributed by atoms with Crippen molar-refractivity contribution < 1.29 is 9.53 Å². The molecule has 3 nitrogen and oxygen atoms in total. The van der Waals surface area contributed by atoms with Crippen molar-refractivity contribution in [2.75, 3.05) is 19.7 Å². The lowest BCUT2D eigenvalue weighted by Gasteiger charge is -2.07. The molecule has 0 fully saturated rings. The van der Waals surface area contributed by atoms with Crippen LogP contribution in [0, 0.1) is 0 Å². The summed E-state index contributed by atoms with van der Waals surface area (Å²) in [4.78, 5) is 11.9. The predicted octanol–water partition coefficient (Wildman–Crippen LogP) is 1.80. The summed E-state index contributed by atoms with van der Waals surface area (Å²) < 4.78 is 5.51. The third kappa shape index (κ3) is 2.25. The van der Waals surface area contributed by atoms with E-state index in [-0.39, 0.29) is 5.78 Å². The molecule has 0 saturated carbocycles. The fourth-order valence-corrected chi connectivity index (χ4v) is 1.91. The van der Waals surface area contributed by atoms with Gasteiger partial charge < -0.3 is 10.1 Å². The zero-order chi connectivity index (χ0) is 11.4. The van der Waals surface area contributed by atoms with Crippen LogP contribution in [0.25, 0.3) is 0 Å². The summed E-state index contributed by atoms with van der Waals surface area (Å²) in [6.45, 7) is 4.05. The van der Waals surface area contributed by atoms with Crippen LogP contribution in [0.1, 0.15) is 29.3 Å². The molecule has 0 radical (unpaired) electrons. The highest BCUT2D eigenvalue weighted by Gasteiger charge is 2.19. The van der Waals surface area contributed by atoms with Gasteiger partial charge in [-0.05, 0) is 24.6 Å². The second kappa shape index (κ2) is 5.12. The summed E-state index contributed by atoms with van der Waals surface area (Å²) in [5.74, 6) is 0.915. The standard InChI is InChI=1S/C13H17NO2/c1-2-7-14-9-12(15)11-5-3-4-10-6-8-16-13(10)11/h3-5,14H,2,6-9H2,1H3. The number of carbonyl (C=O) groups is 1. The molecule has 1 heterocycles. The summed E-state index contributed by atoms with van der Waals surface area (Å²) in [5.41, 5.74) is 1.87. The molecule has 3 heteroatoms. The first-order valence-corrected chi connectivity index (χ1v) is 5.81. The van der Waals surface area contributed by atoms with Crippen LogP contribution in [0.5, 0.6) is 5.75 Å². The third-order valence-corrected chi connectivity index (χ3v) is 2.73. The monoisotopic (exact) mass is 219 g/mol. The van der Waals surface area contributed by atoms with E-state index in [2.05, 4.69) is 12.2 Å². The summed E-state index contributed by atoms with van der Waals surface area (Å²) in [6, 6.07) is 5.80. The molecule has 1 aliphatic rings. The fraction of sp³-hybridized carbons (Fsp3) is 0.462. The molecule has 86 valence electrons. The van der Waals surface area contributed by atoms with Crippen molar-refractivity contribution in [3.63, 3.8) is 0 Å². The van der Waals surface area contributed by atoms with E-state index >= 15 is 0 Å². The average Bonchev–Trinajstić information content (AvgIpc) is 2.76. The Kier molecular flexibility index (Phi) is 3.57. The second-order valence-electron chi connectivity index (χ2n) is 3.99. The van der Waals surface area contributed by atoms with Crippen LogP contribution in [-0.4, -0.2) is 25.5 Å². The van der Waals surface area contributed by atoms with Gasteiger partial charge in [0.25, 0.3) is 0 Å². The molecule has 0 spiro atoms. The molecule has 16 heavy (non-hydrogen) atoms. The fourth-order valence-electron chi connectivity index (χ4n) is 1.91. The van der Waals surface area contributed by atoms with Crippen LogP contribution >= 0.6 is 0 Å². The lowest BCUT2D eigenvalue weighted by Crippen LogP contribution is -2.23. The van der Waals surface area contributed by atoms with Gasteiger partial charge >= 0.3 is 0 Å². The van der Waals surface area contributed by atoms with Gasteiger partial charge in [-0.3, -0.25) is 4.79 Å². The second-order valence-corrected chi connectivity index (χ2v) is 3.99. The van der Waals surface area contributed by atoms with E-state index in [4.69, 9.17) is 4.74 Å². The Morgan fingerprint density at radius 2 is 2.38 bits per heavy atom. The number of Topliss-reactive ketones (excluding diaryl/α,β-unsaturated/α-hetero) is 1. The van der Waals surface area contributed by atoms with Crippen LogP contribution in [0.2, 0.25) is 0 Å². The minimum Gasteiger partial charge on any atom is -0.492 e. The molecule has 1 aromatic carbocycles. The van der Waals surface area contributed by atoms with Gasteiger partial charge in [-0.1, -0.05) is 19.1 Å². The van der Waals surface area contributed by atoms with E-state index in [1.807, 2.05) is 18.2 Å². The summed E-state index contributed by atoms with van der Waals surface area (Å²) >= 11 is 0. The Morgan fingerprint density at radius 1 is 1.50 bits per heavy atom. The van der Waals surface area contributed by atoms with Gasteiger partial charge in [0, 0.05) is 6.42 Å². The number of ether oxygens (including phenoxy) is 1. The van der Waals surface area contributed by atoms with E-state index < -0.39 is 0 Å². The maximum Gasteiger partial charge on any atom is 0.180 e. The summed E-state index contributed by atoms with van der Waals surface area (Å²) in [6.07, 6.45) is 1.95. The minimum absolute atomic E-state index is 0.118. The highest BCUT2D eigenvalue weighted by atomic mass is 16.5. The maximum absolute atomic E-state index is 11.9. The van der Waals surface area contributed by atoms with Crippen molar-refractivity contribution in [2.24, 2.45) is 0 Å². The van der Waals surface area contributed by atoms with E-state index in [1.54, 1.807) is 0 Å². The first kappa shape index (κ1) is 11.1. The Hall–Kier alpha value is -1.35. The highest BCUT2D eigenvalue weighted by molar-refractivity contribution is 6.00. The highest BCUT2D eigenvalue weighted by Crippen LogP contribution is 2.29. The Bertz CT molecular complexity index is 388. The Balaban J connectivity index is 2.09. The van der Waals surface area contributed by atoms with Crippen molar-refractivity contribution in [3.05, 3.63) is 29.3 Å². The quantitative estimate of drug-likeness (QED) is 0.606. The summed E-state index contributed by atoms with van der Waals surface area (Å²) in [7, 11) is 0. The number of hydrogen-bond acceptors (Lipinski definition) is 3. The molecule has 0 bridgehead atoms. The van der Waals surface area contributed by atoms with Gasteiger partial charge in [0.05, 0.1) is 18.7 Å². The van der Waals surface area contributed by atoms with Crippen molar-refractivity contribution >= 4 is 5.78 Å². The normalized spacial score (nSPS) is 13.3. The van der Waals surface area contributed by atoms with Crippen molar-refractivity contribution in [1.29, 1.82) is 0 Å². The number of hydrogen-bond donors (Lipinski definition) is 1. The van der Waals surface area contributed by atoms with Gasteiger partial charge in [0.1, 0.15) is 5.75 Å². The molecule has 0 aromatic heterocycles. The molecular formula is C13H17NO2. The number of nitrogens with one attached hydrogen (secondary N) is 1. The van der Waals surface area contributed by atoms with Gasteiger partial charge in [-0.15, -0.1) is 0 Å². The smallest absolute Gasteiger partial charge is 0.180 e. The molecular weight excluding hydrogens is 202 g/mol. The SMILES string of the molecule is CCCNCC(=O)c1cccc2c1OCC2. The van der Waals surface area contributed by atoms with Crippen LogP contribution in [0.15, 0.2) is 18.2 Å². The number of rotatable bonds is 5. The van der Waals surface area contributed by atoms with Gasteiger partial charge in [-0.2, -0.15) is 0 Å². The lowest BCUT2D eigenvalue weighted by atomic mass is 10.0. The molecule has 0 unspecified atom stereocenters. The van der Waals surface area contributed by atoms with Crippen molar-refractivity contribution in [2.45, 2.75) is 19.8 Å². The molecule has 1 aromatic rings. The Labute approximate surface area is 95.8 Å². The molecule has 1 aliphatic heterocycles. The molecule has 0 saturated heterocycles. The Morgan fingerprint density at radius 3 is 3.19 bits per heavy atom. The molecule has 0 aliphatic carbocycles. The molecule has 2 rings (SSSR count). The predicted molar refractivity (Wildman–Crippen MR) is 63.1 cm³/mol. The van der Waals surface area contributed by atoms with Crippen LogP contribution in [0.3, 0.4) is 0 Å². The zero-order valence-electron chi connectivity index (χ0n) is 9.58. The molecule has 0 atom stereocenters. The first-order chi connectivity index (χ1) is 7.83. The zero-order valence-corrected chi connectivity index (χ0v) is 9.58. The number of para-hydroxylation sites is 1. The van der Waals surface area contributed by atoms with E-state index in [9.17, 15) is 4.79 Å². The number of carbonyl (C=O) groups excluding carboxylic acids is 1. The van der Waals surface area contributed by atoms with Gasteiger partial charge in [0.2, 0.25) is 0 Å². The lowest BCUT2D eigenvalue weighted by molar-refractivity contribution is 0.0988. The largest absolute Gasteiger partial charge is 0.492 e. The first-order valence-electron chi connectivity index (χ1n) is 5.81. The van der Waals surface area contributed by atoms with E-state index in [0.29, 0.717) is 13.2 Å². The van der Waals surface area contributed by atoms with Gasteiger partial charge in [0.15, 0.2) is 5.78 Å². The van der Waals surface area contributed by atoms with E-state index in [1.165, 1.54) is 0 Å². The third-order valence-electron chi connectivity index (χ3n) is 2.73. The molecule has 1 N–H and O–H groups in total. The topological polar surface area (TPSA) is 38.3 Å². The van der Waals surface area contributed by atoms with Crippen LogP contribution in [-0.2, 0) is 6.42 Å². The van der Waals surface area contributed by atoms with Gasteiger partial charge in [-0.25, -0.2) is 0 Å². The molecule has 0 amide bonds.